The van der Waals surface area contributed by atoms with Gasteiger partial charge in [-0.25, -0.2) is 0 Å². The van der Waals surface area contributed by atoms with Crippen LogP contribution in [0.1, 0.15) is 25.3 Å². The lowest BCUT2D eigenvalue weighted by Crippen LogP contribution is -2.15. The molecule has 0 aliphatic heterocycles. The number of aryl methyl sites for hydroxylation is 1. The monoisotopic (exact) mass is 236 g/mol. The lowest BCUT2D eigenvalue weighted by atomic mass is 10.3. The number of nitrogens with zero attached hydrogens (tertiary/aromatic N) is 3. The molecule has 0 radical (unpaired) electrons. The van der Waals surface area contributed by atoms with Gasteiger partial charge in [0.1, 0.15) is 17.5 Å². The highest BCUT2D eigenvalue weighted by molar-refractivity contribution is 5.91. The molecule has 6 heteroatoms. The van der Waals surface area contributed by atoms with Crippen LogP contribution in [-0.4, -0.2) is 28.9 Å². The van der Waals surface area contributed by atoms with Crippen molar-refractivity contribution in [2.75, 3.05) is 18.5 Å². The number of hydrogen-bond acceptors (Lipinski definition) is 4. The molecule has 1 amide bonds. The number of amides is 1. The number of nitrogens with one attached hydrogen (secondary N) is 1. The Morgan fingerprint density at radius 3 is 3.12 bits per heavy atom. The number of anilines is 1. The summed E-state index contributed by atoms with van der Waals surface area (Å²) in [6, 6.07) is 1.98. The van der Waals surface area contributed by atoms with Crippen LogP contribution >= 0.6 is 0 Å². The van der Waals surface area contributed by atoms with Crippen LogP contribution in [0.5, 0.6) is 0 Å². The summed E-state index contributed by atoms with van der Waals surface area (Å²) in [4.78, 5) is 11.6. The Morgan fingerprint density at radius 2 is 2.47 bits per heavy atom. The van der Waals surface area contributed by atoms with Gasteiger partial charge in [-0.15, -0.1) is 0 Å². The third-order valence-corrected chi connectivity index (χ3v) is 2.21. The van der Waals surface area contributed by atoms with Crippen molar-refractivity contribution in [3.8, 4) is 6.07 Å². The van der Waals surface area contributed by atoms with Gasteiger partial charge in [-0.3, -0.25) is 9.48 Å². The minimum absolute atomic E-state index is 0.134. The molecule has 0 bridgehead atoms. The van der Waals surface area contributed by atoms with Gasteiger partial charge in [0.2, 0.25) is 5.91 Å². The zero-order valence-electron chi connectivity index (χ0n) is 10.1. The summed E-state index contributed by atoms with van der Waals surface area (Å²) in [5, 5.41) is 15.4. The number of rotatable bonds is 6. The van der Waals surface area contributed by atoms with E-state index in [1.54, 1.807) is 7.05 Å². The molecule has 0 saturated heterocycles. The first kappa shape index (κ1) is 13.2. The van der Waals surface area contributed by atoms with E-state index in [4.69, 9.17) is 10.00 Å². The molecule has 6 nitrogen and oxygen atoms in total. The number of nitriles is 1. The Hall–Kier alpha value is -1.87. The highest BCUT2D eigenvalue weighted by Crippen LogP contribution is 2.12. The fraction of sp³-hybridized carbons (Fsp3) is 0.545. The van der Waals surface area contributed by atoms with Crippen molar-refractivity contribution in [3.05, 3.63) is 11.8 Å². The average molecular weight is 236 g/mol. The third kappa shape index (κ3) is 3.89. The van der Waals surface area contributed by atoms with E-state index in [1.165, 1.54) is 10.9 Å². The van der Waals surface area contributed by atoms with Crippen LogP contribution in [0, 0.1) is 11.3 Å². The maximum Gasteiger partial charge on any atom is 0.225 e. The van der Waals surface area contributed by atoms with Crippen molar-refractivity contribution < 1.29 is 9.53 Å². The SMILES string of the molecule is CCOCCCC(=O)Nc1c(C#N)cnn1C. The minimum Gasteiger partial charge on any atom is -0.382 e. The lowest BCUT2D eigenvalue weighted by Gasteiger charge is -2.05. The van der Waals surface area contributed by atoms with Gasteiger partial charge in [0.15, 0.2) is 0 Å². The van der Waals surface area contributed by atoms with Gasteiger partial charge in [-0.05, 0) is 13.3 Å². The molecule has 0 aliphatic carbocycles. The number of carbonyl (C=O) groups excluding carboxylic acids is 1. The predicted molar refractivity (Wildman–Crippen MR) is 62.3 cm³/mol. The maximum atomic E-state index is 11.6. The molecule has 0 aromatic carbocycles. The Balaban J connectivity index is 2.45. The van der Waals surface area contributed by atoms with Gasteiger partial charge < -0.3 is 10.1 Å². The molecule has 1 aromatic heterocycles. The molecule has 0 fully saturated rings. The third-order valence-electron chi connectivity index (χ3n) is 2.21. The van der Waals surface area contributed by atoms with Gasteiger partial charge >= 0.3 is 0 Å². The van der Waals surface area contributed by atoms with Gasteiger partial charge in [0.25, 0.3) is 0 Å². The summed E-state index contributed by atoms with van der Waals surface area (Å²) in [6.07, 6.45) is 2.46. The smallest absolute Gasteiger partial charge is 0.225 e. The summed E-state index contributed by atoms with van der Waals surface area (Å²) < 4.78 is 6.61. The van der Waals surface area contributed by atoms with E-state index < -0.39 is 0 Å². The van der Waals surface area contributed by atoms with E-state index in [-0.39, 0.29) is 5.91 Å². The minimum atomic E-state index is -0.134. The molecular weight excluding hydrogens is 220 g/mol. The van der Waals surface area contributed by atoms with E-state index in [9.17, 15) is 4.79 Å². The van der Waals surface area contributed by atoms with E-state index >= 15 is 0 Å². The van der Waals surface area contributed by atoms with E-state index in [1.807, 2.05) is 13.0 Å². The number of ether oxygens (including phenoxy) is 1. The van der Waals surface area contributed by atoms with Crippen LogP contribution in [-0.2, 0) is 16.6 Å². The second-order valence-electron chi connectivity index (χ2n) is 3.49. The predicted octanol–water partition coefficient (Wildman–Crippen LogP) is 1.05. The number of aromatic nitrogens is 2. The molecule has 0 atom stereocenters. The summed E-state index contributed by atoms with van der Waals surface area (Å²) in [7, 11) is 1.68. The fourth-order valence-electron chi connectivity index (χ4n) is 1.34. The number of carbonyl (C=O) groups is 1. The van der Waals surface area contributed by atoms with Crippen LogP contribution in [0.4, 0.5) is 5.82 Å². The van der Waals surface area contributed by atoms with Crippen molar-refractivity contribution in [1.82, 2.24) is 9.78 Å². The molecule has 1 aromatic rings. The molecule has 0 spiro atoms. The van der Waals surface area contributed by atoms with Gasteiger partial charge in [0.05, 0.1) is 6.20 Å². The Kier molecular flexibility index (Phi) is 5.17. The molecule has 1 heterocycles. The summed E-state index contributed by atoms with van der Waals surface area (Å²) in [5.74, 6) is 0.304. The zero-order chi connectivity index (χ0) is 12.7. The first-order valence-electron chi connectivity index (χ1n) is 5.48. The van der Waals surface area contributed by atoms with Crippen LogP contribution in [0.15, 0.2) is 6.20 Å². The molecule has 1 N–H and O–H groups in total. The van der Waals surface area contributed by atoms with Crippen molar-refractivity contribution in [2.45, 2.75) is 19.8 Å². The quantitative estimate of drug-likeness (QED) is 0.748. The fourth-order valence-corrected chi connectivity index (χ4v) is 1.34. The van der Waals surface area contributed by atoms with Crippen LogP contribution in [0.25, 0.3) is 0 Å². The summed E-state index contributed by atoms with van der Waals surface area (Å²) >= 11 is 0. The topological polar surface area (TPSA) is 79.9 Å². The molecule has 92 valence electrons. The van der Waals surface area contributed by atoms with E-state index in [0.29, 0.717) is 37.4 Å². The first-order chi connectivity index (χ1) is 8.19. The largest absolute Gasteiger partial charge is 0.382 e. The Labute approximate surface area is 100 Å². The summed E-state index contributed by atoms with van der Waals surface area (Å²) in [5.41, 5.74) is 0.366. The van der Waals surface area contributed by atoms with E-state index in [2.05, 4.69) is 10.4 Å². The lowest BCUT2D eigenvalue weighted by molar-refractivity contribution is -0.116. The molecule has 1 rings (SSSR count). The van der Waals surface area contributed by atoms with Crippen LogP contribution in [0.2, 0.25) is 0 Å². The molecule has 17 heavy (non-hydrogen) atoms. The van der Waals surface area contributed by atoms with Gasteiger partial charge in [0, 0.05) is 26.7 Å². The average Bonchev–Trinajstić information content (AvgIpc) is 2.66. The molecule has 0 aliphatic rings. The van der Waals surface area contributed by atoms with Crippen molar-refractivity contribution >= 4 is 11.7 Å². The highest BCUT2D eigenvalue weighted by atomic mass is 16.5. The molecule has 0 unspecified atom stereocenters. The van der Waals surface area contributed by atoms with Crippen molar-refractivity contribution in [1.29, 1.82) is 5.26 Å². The van der Waals surface area contributed by atoms with Crippen molar-refractivity contribution in [3.63, 3.8) is 0 Å². The first-order valence-corrected chi connectivity index (χ1v) is 5.48. The second-order valence-corrected chi connectivity index (χ2v) is 3.49. The molecule has 0 saturated carbocycles. The zero-order valence-corrected chi connectivity index (χ0v) is 10.1. The van der Waals surface area contributed by atoms with Crippen LogP contribution in [0.3, 0.4) is 0 Å². The second kappa shape index (κ2) is 6.66. The molecular formula is C11H16N4O2. The van der Waals surface area contributed by atoms with Gasteiger partial charge in [-0.2, -0.15) is 10.4 Å². The maximum absolute atomic E-state index is 11.6. The Morgan fingerprint density at radius 1 is 1.71 bits per heavy atom. The van der Waals surface area contributed by atoms with E-state index in [0.717, 1.165) is 0 Å². The van der Waals surface area contributed by atoms with Gasteiger partial charge in [-0.1, -0.05) is 0 Å². The highest BCUT2D eigenvalue weighted by Gasteiger charge is 2.10. The standard InChI is InChI=1S/C11H16N4O2/c1-3-17-6-4-5-10(16)14-11-9(7-12)8-13-15(11)2/h8H,3-6H2,1-2H3,(H,14,16). The normalized spacial score (nSPS) is 9.94. The van der Waals surface area contributed by atoms with Crippen molar-refractivity contribution in [2.24, 2.45) is 7.05 Å². The Bertz CT molecular complexity index is 420. The van der Waals surface area contributed by atoms with Crippen LogP contribution < -0.4 is 5.32 Å². The summed E-state index contributed by atoms with van der Waals surface area (Å²) in [6.45, 7) is 3.14. The number of hydrogen-bond donors (Lipinski definition) is 1.